The monoisotopic (exact) mass is 284 g/mol. The molecule has 0 radical (unpaired) electrons. The van der Waals surface area contributed by atoms with E-state index in [0.29, 0.717) is 12.5 Å². The topological polar surface area (TPSA) is 34.6 Å². The largest absolute Gasteiger partial charge is 0.484 e. The molecule has 0 fully saturated rings. The fourth-order valence-electron chi connectivity index (χ4n) is 2.33. The fourth-order valence-corrected chi connectivity index (χ4v) is 2.33. The SMILES string of the molecule is CCN(C)Cc1ccc([C@H]2COc3cccnc3O2)cc1. The summed E-state index contributed by atoms with van der Waals surface area (Å²) in [7, 11) is 2.12. The molecule has 21 heavy (non-hydrogen) atoms. The molecule has 0 saturated heterocycles. The average Bonchev–Trinajstić information content (AvgIpc) is 2.55. The molecular weight excluding hydrogens is 264 g/mol. The van der Waals surface area contributed by atoms with Crippen LogP contribution < -0.4 is 9.47 Å². The Balaban J connectivity index is 1.71. The molecule has 110 valence electrons. The van der Waals surface area contributed by atoms with Crippen LogP contribution in [0, 0.1) is 0 Å². The predicted molar refractivity (Wildman–Crippen MR) is 81.6 cm³/mol. The van der Waals surface area contributed by atoms with E-state index in [9.17, 15) is 0 Å². The molecule has 2 aromatic rings. The molecule has 1 aromatic heterocycles. The molecule has 2 heterocycles. The van der Waals surface area contributed by atoms with Gasteiger partial charge in [0.15, 0.2) is 11.9 Å². The number of hydrogen-bond acceptors (Lipinski definition) is 4. The molecule has 3 rings (SSSR count). The number of pyridine rings is 1. The van der Waals surface area contributed by atoms with Crippen molar-refractivity contribution in [1.82, 2.24) is 9.88 Å². The van der Waals surface area contributed by atoms with E-state index in [1.54, 1.807) is 6.20 Å². The van der Waals surface area contributed by atoms with Gasteiger partial charge in [-0.3, -0.25) is 0 Å². The lowest BCUT2D eigenvalue weighted by atomic mass is 10.1. The third-order valence-electron chi connectivity index (χ3n) is 3.72. The zero-order valence-corrected chi connectivity index (χ0v) is 12.5. The summed E-state index contributed by atoms with van der Waals surface area (Å²) < 4.78 is 11.6. The van der Waals surface area contributed by atoms with Crippen LogP contribution in [0.4, 0.5) is 0 Å². The minimum Gasteiger partial charge on any atom is -0.484 e. The summed E-state index contributed by atoms with van der Waals surface area (Å²) in [5.74, 6) is 1.29. The third-order valence-corrected chi connectivity index (χ3v) is 3.72. The highest BCUT2D eigenvalue weighted by Crippen LogP contribution is 2.33. The van der Waals surface area contributed by atoms with E-state index in [1.165, 1.54) is 5.56 Å². The van der Waals surface area contributed by atoms with Gasteiger partial charge < -0.3 is 14.4 Å². The Morgan fingerprint density at radius 1 is 1.24 bits per heavy atom. The Labute approximate surface area is 125 Å². The van der Waals surface area contributed by atoms with Crippen molar-refractivity contribution < 1.29 is 9.47 Å². The second-order valence-corrected chi connectivity index (χ2v) is 5.30. The van der Waals surface area contributed by atoms with Gasteiger partial charge in [-0.15, -0.1) is 0 Å². The highest BCUT2D eigenvalue weighted by atomic mass is 16.6. The first kappa shape index (κ1) is 13.9. The molecule has 0 aliphatic carbocycles. The van der Waals surface area contributed by atoms with E-state index in [-0.39, 0.29) is 6.10 Å². The van der Waals surface area contributed by atoms with Gasteiger partial charge in [-0.05, 0) is 36.9 Å². The van der Waals surface area contributed by atoms with Gasteiger partial charge in [-0.25, -0.2) is 4.98 Å². The maximum atomic E-state index is 5.91. The lowest BCUT2D eigenvalue weighted by molar-refractivity contribution is 0.0851. The normalized spacial score (nSPS) is 17.0. The maximum Gasteiger partial charge on any atom is 0.257 e. The van der Waals surface area contributed by atoms with Crippen LogP contribution in [0.5, 0.6) is 11.6 Å². The van der Waals surface area contributed by atoms with Crippen molar-refractivity contribution >= 4 is 0 Å². The molecule has 4 nitrogen and oxygen atoms in total. The highest BCUT2D eigenvalue weighted by Gasteiger charge is 2.23. The molecule has 1 aliphatic rings. The Bertz CT molecular complexity index is 598. The van der Waals surface area contributed by atoms with E-state index in [0.717, 1.165) is 24.4 Å². The first-order valence-electron chi connectivity index (χ1n) is 7.28. The van der Waals surface area contributed by atoms with Crippen molar-refractivity contribution in [1.29, 1.82) is 0 Å². The van der Waals surface area contributed by atoms with Crippen LogP contribution in [-0.4, -0.2) is 30.1 Å². The lowest BCUT2D eigenvalue weighted by Gasteiger charge is -2.25. The van der Waals surface area contributed by atoms with Gasteiger partial charge >= 0.3 is 0 Å². The van der Waals surface area contributed by atoms with E-state index in [4.69, 9.17) is 9.47 Å². The summed E-state index contributed by atoms with van der Waals surface area (Å²) in [6, 6.07) is 12.3. The summed E-state index contributed by atoms with van der Waals surface area (Å²) in [4.78, 5) is 6.48. The van der Waals surface area contributed by atoms with Crippen molar-refractivity contribution in [3.05, 3.63) is 53.7 Å². The van der Waals surface area contributed by atoms with Gasteiger partial charge in [0.25, 0.3) is 5.88 Å². The van der Waals surface area contributed by atoms with Gasteiger partial charge in [0.1, 0.15) is 6.61 Å². The summed E-state index contributed by atoms with van der Waals surface area (Å²) in [6.07, 6.45) is 1.62. The van der Waals surface area contributed by atoms with Gasteiger partial charge in [-0.1, -0.05) is 31.2 Å². The first-order valence-corrected chi connectivity index (χ1v) is 7.28. The second-order valence-electron chi connectivity index (χ2n) is 5.30. The van der Waals surface area contributed by atoms with Crippen LogP contribution in [0.2, 0.25) is 0 Å². The number of rotatable bonds is 4. The minimum absolute atomic E-state index is 0.0923. The maximum absolute atomic E-state index is 5.91. The molecule has 0 unspecified atom stereocenters. The van der Waals surface area contributed by atoms with Crippen molar-refractivity contribution in [2.24, 2.45) is 0 Å². The van der Waals surface area contributed by atoms with Crippen molar-refractivity contribution in [3.8, 4) is 11.6 Å². The minimum atomic E-state index is -0.0923. The van der Waals surface area contributed by atoms with Crippen molar-refractivity contribution in [2.75, 3.05) is 20.2 Å². The zero-order chi connectivity index (χ0) is 14.7. The smallest absolute Gasteiger partial charge is 0.257 e. The molecule has 0 amide bonds. The van der Waals surface area contributed by atoms with Crippen LogP contribution in [0.15, 0.2) is 42.6 Å². The standard InChI is InChI=1S/C17H20N2O2/c1-3-19(2)11-13-6-8-14(9-7-13)16-12-20-15-5-4-10-18-17(15)21-16/h4-10,16H,3,11-12H2,1-2H3/t16-/m1/s1. The molecule has 0 N–H and O–H groups in total. The third kappa shape index (κ3) is 3.16. The Kier molecular flexibility index (Phi) is 4.06. The van der Waals surface area contributed by atoms with Crippen LogP contribution in [0.3, 0.4) is 0 Å². The molecule has 4 heteroatoms. The summed E-state index contributed by atoms with van der Waals surface area (Å²) in [6.45, 7) is 4.69. The molecule has 1 atom stereocenters. The molecule has 0 saturated carbocycles. The quantitative estimate of drug-likeness (QED) is 0.864. The van der Waals surface area contributed by atoms with E-state index in [2.05, 4.69) is 48.1 Å². The van der Waals surface area contributed by atoms with Crippen LogP contribution in [-0.2, 0) is 6.54 Å². The number of nitrogens with zero attached hydrogens (tertiary/aromatic N) is 2. The summed E-state index contributed by atoms with van der Waals surface area (Å²) >= 11 is 0. The van der Waals surface area contributed by atoms with Gasteiger partial charge in [0.05, 0.1) is 0 Å². The average molecular weight is 284 g/mol. The van der Waals surface area contributed by atoms with E-state index in [1.807, 2.05) is 12.1 Å². The van der Waals surface area contributed by atoms with E-state index < -0.39 is 0 Å². The summed E-state index contributed by atoms with van der Waals surface area (Å²) in [5.41, 5.74) is 2.42. The number of ether oxygens (including phenoxy) is 2. The van der Waals surface area contributed by atoms with Gasteiger partial charge in [0.2, 0.25) is 0 Å². The highest BCUT2D eigenvalue weighted by molar-refractivity contribution is 5.35. The molecule has 1 aliphatic heterocycles. The number of fused-ring (bicyclic) bond motifs is 1. The van der Waals surface area contributed by atoms with Gasteiger partial charge in [0, 0.05) is 12.7 Å². The molecule has 0 spiro atoms. The predicted octanol–water partition coefficient (Wildman–Crippen LogP) is 3.05. The Morgan fingerprint density at radius 2 is 2.05 bits per heavy atom. The van der Waals surface area contributed by atoms with E-state index >= 15 is 0 Å². The summed E-state index contributed by atoms with van der Waals surface area (Å²) in [5, 5.41) is 0. The van der Waals surface area contributed by atoms with Gasteiger partial charge in [-0.2, -0.15) is 0 Å². The van der Waals surface area contributed by atoms with Crippen LogP contribution in [0.25, 0.3) is 0 Å². The molecular formula is C17H20N2O2. The Hall–Kier alpha value is -2.07. The number of aromatic nitrogens is 1. The second kappa shape index (κ2) is 6.14. The first-order chi connectivity index (χ1) is 10.3. The zero-order valence-electron chi connectivity index (χ0n) is 12.5. The molecule has 1 aromatic carbocycles. The van der Waals surface area contributed by atoms with Crippen molar-refractivity contribution in [3.63, 3.8) is 0 Å². The van der Waals surface area contributed by atoms with Crippen LogP contribution >= 0.6 is 0 Å². The number of hydrogen-bond donors (Lipinski definition) is 0. The van der Waals surface area contributed by atoms with Crippen molar-refractivity contribution in [2.45, 2.75) is 19.6 Å². The fraction of sp³-hybridized carbons (Fsp3) is 0.353. The number of benzene rings is 1. The lowest BCUT2D eigenvalue weighted by Crippen LogP contribution is -2.22. The van der Waals surface area contributed by atoms with Crippen LogP contribution in [0.1, 0.15) is 24.2 Å². The molecule has 0 bridgehead atoms. The Morgan fingerprint density at radius 3 is 2.81 bits per heavy atom.